The molecule has 0 spiro atoms. The Bertz CT molecular complexity index is 578. The average Bonchev–Trinajstić information content (AvgIpc) is 2.52. The quantitative estimate of drug-likeness (QED) is 0.621. The molecular weight excluding hydrogens is 326 g/mol. The zero-order chi connectivity index (χ0) is 18.1. The third-order valence-electron chi connectivity index (χ3n) is 2.88. The molecule has 0 aliphatic rings. The second-order valence-electron chi connectivity index (χ2n) is 4.73. The van der Waals surface area contributed by atoms with E-state index in [1.807, 2.05) is 12.2 Å². The average molecular weight is 344 g/mol. The predicted octanol–water partition coefficient (Wildman–Crippen LogP) is 1.04. The zero-order valence-corrected chi connectivity index (χ0v) is 12.9. The monoisotopic (exact) mass is 344 g/mol. The molecule has 0 saturated heterocycles. The largest absolute Gasteiger partial charge is 0.494 e. The summed E-state index contributed by atoms with van der Waals surface area (Å²) in [6.45, 7) is 1.77. The molecule has 1 rings (SSSR count). The number of benzene rings is 1. The normalized spacial score (nSPS) is 11.7. The Kier molecular flexibility index (Phi) is 7.60. The molecule has 7 nitrogen and oxygen atoms in total. The van der Waals surface area contributed by atoms with Gasteiger partial charge in [-0.25, -0.2) is 13.6 Å². The Labute approximate surface area is 137 Å². The van der Waals surface area contributed by atoms with Gasteiger partial charge in [-0.2, -0.15) is 0 Å². The van der Waals surface area contributed by atoms with E-state index < -0.39 is 43.2 Å². The van der Waals surface area contributed by atoms with Crippen LogP contribution in [0.25, 0.3) is 0 Å². The number of hydrogen-bond acceptors (Lipinski definition) is 4. The van der Waals surface area contributed by atoms with Crippen molar-refractivity contribution in [3.8, 4) is 5.75 Å². The molecule has 24 heavy (non-hydrogen) atoms. The van der Waals surface area contributed by atoms with Gasteiger partial charge in [0.15, 0.2) is 0 Å². The van der Waals surface area contributed by atoms with Gasteiger partial charge in [0.1, 0.15) is 11.8 Å². The summed E-state index contributed by atoms with van der Waals surface area (Å²) in [5.74, 6) is -2.42. The Morgan fingerprint density at radius 1 is 1.21 bits per heavy atom. The molecule has 0 fully saturated rings. The van der Waals surface area contributed by atoms with Gasteiger partial charge in [0.25, 0.3) is 5.91 Å². The van der Waals surface area contributed by atoms with E-state index in [0.717, 1.165) is 0 Å². The van der Waals surface area contributed by atoms with Crippen LogP contribution in [0.1, 0.15) is 23.7 Å². The molecule has 132 valence electrons. The molecule has 1 aromatic carbocycles. The number of aliphatic carboxylic acids is 1. The number of amides is 2. The second-order valence-corrected chi connectivity index (χ2v) is 4.73. The van der Waals surface area contributed by atoms with Crippen molar-refractivity contribution in [2.24, 2.45) is 0 Å². The van der Waals surface area contributed by atoms with E-state index in [4.69, 9.17) is 9.84 Å². The van der Waals surface area contributed by atoms with E-state index in [9.17, 15) is 23.2 Å². The Morgan fingerprint density at radius 2 is 1.83 bits per heavy atom. The lowest BCUT2D eigenvalue weighted by Gasteiger charge is -2.14. The molecule has 2 amide bonds. The first-order chi connectivity index (χ1) is 11.3. The van der Waals surface area contributed by atoms with Gasteiger partial charge in [0.05, 0.1) is 13.2 Å². The fraction of sp³-hybridized carbons (Fsp3) is 0.400. The highest BCUT2D eigenvalue weighted by molar-refractivity contribution is 5.96. The molecular formula is C15H18F2N2O5. The Balaban J connectivity index is 2.50. The fourth-order valence-corrected chi connectivity index (χ4v) is 1.78. The first-order valence-corrected chi connectivity index (χ1v) is 7.14. The van der Waals surface area contributed by atoms with Crippen molar-refractivity contribution in [1.82, 2.24) is 10.6 Å². The summed E-state index contributed by atoms with van der Waals surface area (Å²) in [4.78, 5) is 34.2. The molecule has 0 aromatic heterocycles. The van der Waals surface area contributed by atoms with Crippen LogP contribution in [0.4, 0.5) is 8.78 Å². The maximum absolute atomic E-state index is 12.2. The summed E-state index contributed by atoms with van der Waals surface area (Å²) in [5, 5.41) is 13.0. The molecule has 0 radical (unpaired) electrons. The van der Waals surface area contributed by atoms with Crippen LogP contribution < -0.4 is 15.4 Å². The van der Waals surface area contributed by atoms with Crippen LogP contribution in [-0.2, 0) is 9.59 Å². The van der Waals surface area contributed by atoms with Crippen LogP contribution in [0.5, 0.6) is 5.75 Å². The van der Waals surface area contributed by atoms with Gasteiger partial charge in [-0.3, -0.25) is 9.59 Å². The first kappa shape index (κ1) is 19.3. The van der Waals surface area contributed by atoms with E-state index in [1.165, 1.54) is 12.1 Å². The van der Waals surface area contributed by atoms with Crippen molar-refractivity contribution in [3.05, 3.63) is 29.8 Å². The number of carboxylic acids is 1. The summed E-state index contributed by atoms with van der Waals surface area (Å²) in [6, 6.07) is 4.45. The Morgan fingerprint density at radius 3 is 2.33 bits per heavy atom. The molecule has 1 aromatic rings. The highest BCUT2D eigenvalue weighted by atomic mass is 19.3. The summed E-state index contributed by atoms with van der Waals surface area (Å²) in [5.41, 5.74) is 0.272. The smallest absolute Gasteiger partial charge is 0.326 e. The Hall–Kier alpha value is -2.71. The third-order valence-corrected chi connectivity index (χ3v) is 2.88. The molecule has 0 saturated carbocycles. The van der Waals surface area contributed by atoms with E-state index in [0.29, 0.717) is 12.4 Å². The number of halogens is 2. The summed E-state index contributed by atoms with van der Waals surface area (Å²) >= 11 is 0. The molecule has 9 heteroatoms. The lowest BCUT2D eigenvalue weighted by molar-refractivity contribution is -0.142. The van der Waals surface area contributed by atoms with Gasteiger partial charge in [-0.05, 0) is 31.2 Å². The van der Waals surface area contributed by atoms with Crippen LogP contribution in [0.15, 0.2) is 24.3 Å². The summed E-state index contributed by atoms with van der Waals surface area (Å²) in [7, 11) is 0. The van der Waals surface area contributed by atoms with E-state index in [1.54, 1.807) is 12.1 Å². The van der Waals surface area contributed by atoms with Crippen LogP contribution in [0.3, 0.4) is 0 Å². The van der Waals surface area contributed by atoms with Crippen LogP contribution in [0, 0.1) is 0 Å². The first-order valence-electron chi connectivity index (χ1n) is 7.14. The fourth-order valence-electron chi connectivity index (χ4n) is 1.78. The number of ether oxygens (including phenoxy) is 1. The van der Waals surface area contributed by atoms with Crippen LogP contribution in [0.2, 0.25) is 0 Å². The number of carboxylic acid groups (broad SMARTS) is 1. The molecule has 1 unspecified atom stereocenters. The minimum Gasteiger partial charge on any atom is -0.494 e. The third kappa shape index (κ3) is 6.59. The SMILES string of the molecule is CCOc1ccc(C(=O)NCC(=O)NC(CC(F)F)C(=O)O)cc1. The van der Waals surface area contributed by atoms with Crippen molar-refractivity contribution in [2.75, 3.05) is 13.2 Å². The highest BCUT2D eigenvalue weighted by Gasteiger charge is 2.24. The van der Waals surface area contributed by atoms with E-state index in [2.05, 4.69) is 5.32 Å². The van der Waals surface area contributed by atoms with Gasteiger partial charge in [-0.15, -0.1) is 0 Å². The van der Waals surface area contributed by atoms with Gasteiger partial charge in [0.2, 0.25) is 12.3 Å². The number of hydrogen-bond donors (Lipinski definition) is 3. The van der Waals surface area contributed by atoms with E-state index in [-0.39, 0.29) is 5.56 Å². The van der Waals surface area contributed by atoms with Crippen molar-refractivity contribution >= 4 is 17.8 Å². The van der Waals surface area contributed by atoms with Crippen molar-refractivity contribution in [1.29, 1.82) is 0 Å². The molecule has 0 heterocycles. The molecule has 0 bridgehead atoms. The molecule has 0 aliphatic heterocycles. The van der Waals surface area contributed by atoms with Crippen molar-refractivity contribution in [3.63, 3.8) is 0 Å². The van der Waals surface area contributed by atoms with Gasteiger partial charge < -0.3 is 20.5 Å². The zero-order valence-electron chi connectivity index (χ0n) is 12.9. The number of nitrogens with one attached hydrogen (secondary N) is 2. The lowest BCUT2D eigenvalue weighted by Crippen LogP contribution is -2.46. The summed E-state index contributed by atoms with van der Waals surface area (Å²) in [6.07, 6.45) is -3.88. The number of rotatable bonds is 9. The second kappa shape index (κ2) is 9.43. The molecule has 1 atom stereocenters. The minimum absolute atomic E-state index is 0.272. The van der Waals surface area contributed by atoms with Crippen LogP contribution >= 0.6 is 0 Å². The maximum atomic E-state index is 12.2. The van der Waals surface area contributed by atoms with Crippen molar-refractivity contribution in [2.45, 2.75) is 25.8 Å². The van der Waals surface area contributed by atoms with Gasteiger partial charge in [-0.1, -0.05) is 0 Å². The van der Waals surface area contributed by atoms with Gasteiger partial charge in [0, 0.05) is 12.0 Å². The summed E-state index contributed by atoms with van der Waals surface area (Å²) < 4.78 is 29.7. The molecule has 0 aliphatic carbocycles. The topological polar surface area (TPSA) is 105 Å². The highest BCUT2D eigenvalue weighted by Crippen LogP contribution is 2.11. The maximum Gasteiger partial charge on any atom is 0.326 e. The van der Waals surface area contributed by atoms with Crippen LogP contribution in [-0.4, -0.2) is 48.5 Å². The van der Waals surface area contributed by atoms with Crippen molar-refractivity contribution < 1.29 is 33.0 Å². The lowest BCUT2D eigenvalue weighted by atomic mass is 10.2. The number of carbonyl (C=O) groups is 3. The standard InChI is InChI=1S/C15H18F2N2O5/c1-2-24-10-5-3-9(4-6-10)14(21)18-8-13(20)19-11(15(22)23)7-12(16)17/h3-6,11-12H,2,7-8H2,1H3,(H,18,21)(H,19,20)(H,22,23). The van der Waals surface area contributed by atoms with E-state index >= 15 is 0 Å². The minimum atomic E-state index is -2.87. The molecule has 3 N–H and O–H groups in total. The predicted molar refractivity (Wildman–Crippen MR) is 80.1 cm³/mol. The van der Waals surface area contributed by atoms with Gasteiger partial charge >= 0.3 is 5.97 Å². The number of carbonyl (C=O) groups excluding carboxylic acids is 2. The number of alkyl halides is 2.